The van der Waals surface area contributed by atoms with Crippen LogP contribution in [0.4, 0.5) is 0 Å². The van der Waals surface area contributed by atoms with Gasteiger partial charge in [0.25, 0.3) is 0 Å². The van der Waals surface area contributed by atoms with Gasteiger partial charge in [-0.1, -0.05) is 0 Å². The Hall–Kier alpha value is -0.970. The molecule has 3 rings (SSSR count). The van der Waals surface area contributed by atoms with E-state index in [-0.39, 0.29) is 6.10 Å². The van der Waals surface area contributed by atoms with Crippen LogP contribution in [0.2, 0.25) is 0 Å². The first-order valence-electron chi connectivity index (χ1n) is 7.72. The van der Waals surface area contributed by atoms with Crippen LogP contribution in [-0.4, -0.2) is 41.5 Å². The Morgan fingerprint density at radius 2 is 1.95 bits per heavy atom. The van der Waals surface area contributed by atoms with Gasteiger partial charge >= 0.3 is 0 Å². The number of aliphatic hydroxyl groups excluding tert-OH is 1. The average Bonchev–Trinajstić information content (AvgIpc) is 2.46. The van der Waals surface area contributed by atoms with Crippen molar-refractivity contribution in [2.75, 3.05) is 13.2 Å². The molecule has 2 fully saturated rings. The predicted octanol–water partition coefficient (Wildman–Crippen LogP) is 1.53. The zero-order valence-corrected chi connectivity index (χ0v) is 11.9. The van der Waals surface area contributed by atoms with Gasteiger partial charge in [-0.2, -0.15) is 0 Å². The summed E-state index contributed by atoms with van der Waals surface area (Å²) in [5.41, 5.74) is 1.32. The van der Waals surface area contributed by atoms with Gasteiger partial charge in [-0.25, -0.2) is 0 Å². The molecule has 1 unspecified atom stereocenters. The van der Waals surface area contributed by atoms with Crippen LogP contribution in [-0.2, 0) is 11.2 Å². The third kappa shape index (κ3) is 3.57. The van der Waals surface area contributed by atoms with Gasteiger partial charge in [0.15, 0.2) is 0 Å². The summed E-state index contributed by atoms with van der Waals surface area (Å²) in [6.07, 6.45) is 8.73. The van der Waals surface area contributed by atoms with Crippen LogP contribution in [0.25, 0.3) is 0 Å². The fourth-order valence-electron chi connectivity index (χ4n) is 3.26. The van der Waals surface area contributed by atoms with Gasteiger partial charge in [-0.3, -0.25) is 4.98 Å². The van der Waals surface area contributed by atoms with E-state index in [1.165, 1.54) is 5.56 Å². The smallest absolute Gasteiger partial charge is 0.0546 e. The summed E-state index contributed by atoms with van der Waals surface area (Å²) in [7, 11) is 0. The van der Waals surface area contributed by atoms with E-state index in [1.807, 2.05) is 12.4 Å². The van der Waals surface area contributed by atoms with Crippen molar-refractivity contribution in [2.24, 2.45) is 5.92 Å². The summed E-state index contributed by atoms with van der Waals surface area (Å²) in [5, 5.41) is 13.4. The largest absolute Gasteiger partial charge is 0.393 e. The molecule has 0 bridgehead atoms. The molecule has 0 spiro atoms. The normalized spacial score (nSPS) is 28.9. The van der Waals surface area contributed by atoms with E-state index in [0.717, 1.165) is 45.3 Å². The Morgan fingerprint density at radius 3 is 2.60 bits per heavy atom. The zero-order valence-electron chi connectivity index (χ0n) is 11.9. The highest BCUT2D eigenvalue weighted by molar-refractivity contribution is 5.12. The van der Waals surface area contributed by atoms with Crippen LogP contribution in [0.3, 0.4) is 0 Å². The maximum absolute atomic E-state index is 9.58. The molecule has 2 heterocycles. The third-order valence-electron chi connectivity index (χ3n) is 4.59. The lowest BCUT2D eigenvalue weighted by Crippen LogP contribution is -2.50. The molecule has 2 aliphatic rings. The lowest BCUT2D eigenvalue weighted by molar-refractivity contribution is 0.0151. The number of ether oxygens (including phenoxy) is 1. The molecule has 1 aromatic heterocycles. The van der Waals surface area contributed by atoms with Crippen molar-refractivity contribution >= 4 is 0 Å². The number of nitrogens with one attached hydrogen (secondary N) is 1. The molecule has 110 valence electrons. The molecule has 1 aliphatic carbocycles. The molecular weight excluding hydrogens is 252 g/mol. The van der Waals surface area contributed by atoms with Gasteiger partial charge in [0.05, 0.1) is 6.10 Å². The monoisotopic (exact) mass is 276 g/mol. The van der Waals surface area contributed by atoms with E-state index in [1.54, 1.807) is 0 Å². The SMILES string of the molecule is OC1CC(C(Cc2ccncc2)NC2CCOCC2)C1. The van der Waals surface area contributed by atoms with Gasteiger partial charge in [-0.05, 0) is 55.7 Å². The van der Waals surface area contributed by atoms with Crippen molar-refractivity contribution in [3.8, 4) is 0 Å². The van der Waals surface area contributed by atoms with Crippen molar-refractivity contribution in [2.45, 2.75) is 50.3 Å². The summed E-state index contributed by atoms with van der Waals surface area (Å²) in [5.74, 6) is 0.598. The van der Waals surface area contributed by atoms with Crippen LogP contribution in [0.5, 0.6) is 0 Å². The number of hydrogen-bond acceptors (Lipinski definition) is 4. The Labute approximate surface area is 120 Å². The molecule has 20 heavy (non-hydrogen) atoms. The summed E-state index contributed by atoms with van der Waals surface area (Å²) in [6, 6.07) is 5.21. The molecule has 1 aromatic rings. The van der Waals surface area contributed by atoms with Crippen molar-refractivity contribution in [3.05, 3.63) is 30.1 Å². The van der Waals surface area contributed by atoms with E-state index in [4.69, 9.17) is 4.74 Å². The molecule has 1 atom stereocenters. The first kappa shape index (κ1) is 14.0. The Kier molecular flexibility index (Phi) is 4.65. The minimum atomic E-state index is -0.0866. The Balaban J connectivity index is 1.61. The standard InChI is InChI=1S/C16H24N2O2/c19-15-10-13(11-15)16(9-12-1-5-17-6-2-12)18-14-3-7-20-8-4-14/h1-2,5-6,13-16,18-19H,3-4,7-11H2. The van der Waals surface area contributed by atoms with Gasteiger partial charge in [0.1, 0.15) is 0 Å². The van der Waals surface area contributed by atoms with Crippen molar-refractivity contribution in [1.82, 2.24) is 10.3 Å². The Bertz CT molecular complexity index is 400. The second-order valence-electron chi connectivity index (χ2n) is 6.10. The molecule has 0 aromatic carbocycles. The van der Waals surface area contributed by atoms with Crippen LogP contribution in [0.15, 0.2) is 24.5 Å². The molecule has 0 radical (unpaired) electrons. The summed E-state index contributed by atoms with van der Waals surface area (Å²) in [6.45, 7) is 1.74. The maximum Gasteiger partial charge on any atom is 0.0546 e. The van der Waals surface area contributed by atoms with Crippen molar-refractivity contribution in [3.63, 3.8) is 0 Å². The molecular formula is C16H24N2O2. The van der Waals surface area contributed by atoms with E-state index in [0.29, 0.717) is 18.0 Å². The fraction of sp³-hybridized carbons (Fsp3) is 0.688. The van der Waals surface area contributed by atoms with Crippen molar-refractivity contribution in [1.29, 1.82) is 0 Å². The van der Waals surface area contributed by atoms with E-state index < -0.39 is 0 Å². The minimum absolute atomic E-state index is 0.0866. The molecule has 4 heteroatoms. The van der Waals surface area contributed by atoms with Gasteiger partial charge in [0.2, 0.25) is 0 Å². The molecule has 1 aliphatic heterocycles. The highest BCUT2D eigenvalue weighted by Crippen LogP contribution is 2.32. The highest BCUT2D eigenvalue weighted by atomic mass is 16.5. The topological polar surface area (TPSA) is 54.4 Å². The molecule has 0 amide bonds. The highest BCUT2D eigenvalue weighted by Gasteiger charge is 2.35. The minimum Gasteiger partial charge on any atom is -0.393 e. The van der Waals surface area contributed by atoms with Gasteiger partial charge in [0, 0.05) is 37.7 Å². The lowest BCUT2D eigenvalue weighted by Gasteiger charge is -2.40. The first-order chi connectivity index (χ1) is 9.81. The van der Waals surface area contributed by atoms with E-state index in [2.05, 4.69) is 22.4 Å². The summed E-state index contributed by atoms with van der Waals surface area (Å²) < 4.78 is 5.43. The quantitative estimate of drug-likeness (QED) is 0.856. The molecule has 4 nitrogen and oxygen atoms in total. The summed E-state index contributed by atoms with van der Waals surface area (Å²) in [4.78, 5) is 4.08. The van der Waals surface area contributed by atoms with E-state index >= 15 is 0 Å². The second-order valence-corrected chi connectivity index (χ2v) is 6.10. The predicted molar refractivity (Wildman–Crippen MR) is 77.4 cm³/mol. The Morgan fingerprint density at radius 1 is 1.25 bits per heavy atom. The summed E-state index contributed by atoms with van der Waals surface area (Å²) >= 11 is 0. The number of rotatable bonds is 5. The van der Waals surface area contributed by atoms with Crippen molar-refractivity contribution < 1.29 is 9.84 Å². The second kappa shape index (κ2) is 6.66. The number of aromatic nitrogens is 1. The number of pyridine rings is 1. The lowest BCUT2D eigenvalue weighted by atomic mass is 9.75. The van der Waals surface area contributed by atoms with Crippen LogP contribution >= 0.6 is 0 Å². The average molecular weight is 276 g/mol. The third-order valence-corrected chi connectivity index (χ3v) is 4.59. The maximum atomic E-state index is 9.58. The molecule has 1 saturated carbocycles. The molecule has 1 saturated heterocycles. The first-order valence-corrected chi connectivity index (χ1v) is 7.72. The fourth-order valence-corrected chi connectivity index (χ4v) is 3.26. The van der Waals surface area contributed by atoms with Crippen LogP contribution < -0.4 is 5.32 Å². The van der Waals surface area contributed by atoms with Crippen LogP contribution in [0.1, 0.15) is 31.2 Å². The van der Waals surface area contributed by atoms with Gasteiger partial charge < -0.3 is 15.2 Å². The number of nitrogens with zero attached hydrogens (tertiary/aromatic N) is 1. The zero-order chi connectivity index (χ0) is 13.8. The number of aliphatic hydroxyl groups is 1. The van der Waals surface area contributed by atoms with Gasteiger partial charge in [-0.15, -0.1) is 0 Å². The molecule has 2 N–H and O–H groups in total. The van der Waals surface area contributed by atoms with E-state index in [9.17, 15) is 5.11 Å². The van der Waals surface area contributed by atoms with Crippen LogP contribution in [0, 0.1) is 5.92 Å². The number of hydrogen-bond donors (Lipinski definition) is 2.